The highest BCUT2D eigenvalue weighted by Crippen LogP contribution is 2.31. The third kappa shape index (κ3) is 3.93. The van der Waals surface area contributed by atoms with E-state index in [1.165, 1.54) is 25.7 Å². The van der Waals surface area contributed by atoms with E-state index in [-0.39, 0.29) is 18.1 Å². The molecule has 1 aliphatic carbocycles. The van der Waals surface area contributed by atoms with Crippen LogP contribution in [0, 0.1) is 5.92 Å². The fraction of sp³-hybridized carbons (Fsp3) is 0.933. The molecule has 1 saturated heterocycles. The zero-order valence-electron chi connectivity index (χ0n) is 12.8. The Morgan fingerprint density at radius 3 is 2.70 bits per heavy atom. The number of rotatable bonds is 8. The van der Waals surface area contributed by atoms with Crippen LogP contribution in [0.4, 0.5) is 0 Å². The van der Waals surface area contributed by atoms with Crippen molar-refractivity contribution in [2.24, 2.45) is 5.92 Å². The number of nitrogens with one attached hydrogen (secondary N) is 1. The molecule has 2 atom stereocenters. The van der Waals surface area contributed by atoms with Crippen molar-refractivity contribution in [3.63, 3.8) is 0 Å². The standard InChI is InChI=1S/C15H28N2O3/c1-12-15(18)17(8-5-9-20-11-10-19-2)14(16-12)13-6-3-4-7-13/h12-14,16H,3-11H2,1-2H3. The van der Waals surface area contributed by atoms with Crippen molar-refractivity contribution in [2.45, 2.75) is 51.2 Å². The van der Waals surface area contributed by atoms with Crippen LogP contribution >= 0.6 is 0 Å². The zero-order chi connectivity index (χ0) is 14.4. The summed E-state index contributed by atoms with van der Waals surface area (Å²) in [5.41, 5.74) is 0. The van der Waals surface area contributed by atoms with E-state index < -0.39 is 0 Å². The number of amides is 1. The molecule has 0 radical (unpaired) electrons. The average Bonchev–Trinajstić information content (AvgIpc) is 3.05. The Kier molecular flexibility index (Phi) is 6.26. The monoisotopic (exact) mass is 284 g/mol. The Balaban J connectivity index is 1.75. The van der Waals surface area contributed by atoms with Crippen LogP contribution in [0.5, 0.6) is 0 Å². The summed E-state index contributed by atoms with van der Waals surface area (Å²) < 4.78 is 10.4. The van der Waals surface area contributed by atoms with Crippen molar-refractivity contribution in [2.75, 3.05) is 33.5 Å². The molecule has 0 aromatic heterocycles. The van der Waals surface area contributed by atoms with Crippen LogP contribution in [0.15, 0.2) is 0 Å². The first-order valence-corrected chi connectivity index (χ1v) is 7.87. The predicted molar refractivity (Wildman–Crippen MR) is 77.4 cm³/mol. The molecule has 5 nitrogen and oxygen atoms in total. The van der Waals surface area contributed by atoms with Gasteiger partial charge in [0.15, 0.2) is 0 Å². The van der Waals surface area contributed by atoms with Gasteiger partial charge in [0.2, 0.25) is 5.91 Å². The largest absolute Gasteiger partial charge is 0.382 e. The summed E-state index contributed by atoms with van der Waals surface area (Å²) in [5.74, 6) is 0.886. The second-order valence-corrected chi connectivity index (χ2v) is 5.87. The van der Waals surface area contributed by atoms with Gasteiger partial charge in [0, 0.05) is 20.3 Å². The lowest BCUT2D eigenvalue weighted by atomic mass is 10.0. The van der Waals surface area contributed by atoms with Crippen LogP contribution in [0.2, 0.25) is 0 Å². The fourth-order valence-corrected chi connectivity index (χ4v) is 3.30. The molecule has 20 heavy (non-hydrogen) atoms. The molecule has 0 bridgehead atoms. The number of carbonyl (C=O) groups excluding carboxylic acids is 1. The number of hydrogen-bond acceptors (Lipinski definition) is 4. The van der Waals surface area contributed by atoms with E-state index in [0.29, 0.717) is 25.7 Å². The molecular formula is C15H28N2O3. The van der Waals surface area contributed by atoms with E-state index in [2.05, 4.69) is 5.32 Å². The third-order valence-corrected chi connectivity index (χ3v) is 4.38. The average molecular weight is 284 g/mol. The van der Waals surface area contributed by atoms with Gasteiger partial charge in [-0.1, -0.05) is 12.8 Å². The second-order valence-electron chi connectivity index (χ2n) is 5.87. The number of carbonyl (C=O) groups is 1. The Morgan fingerprint density at radius 2 is 2.00 bits per heavy atom. The highest BCUT2D eigenvalue weighted by Gasteiger charge is 2.40. The molecular weight excluding hydrogens is 256 g/mol. The van der Waals surface area contributed by atoms with E-state index >= 15 is 0 Å². The molecule has 2 fully saturated rings. The Bertz CT molecular complexity index is 305. The number of hydrogen-bond donors (Lipinski definition) is 1. The SMILES string of the molecule is COCCOCCCN1C(=O)C(C)NC1C1CCCC1. The van der Waals surface area contributed by atoms with Gasteiger partial charge in [-0.3, -0.25) is 10.1 Å². The maximum atomic E-state index is 12.2. The molecule has 1 heterocycles. The minimum Gasteiger partial charge on any atom is -0.382 e. The van der Waals surface area contributed by atoms with Crippen LogP contribution in [0.1, 0.15) is 39.0 Å². The summed E-state index contributed by atoms with van der Waals surface area (Å²) in [6.45, 7) is 4.72. The van der Waals surface area contributed by atoms with Crippen LogP contribution < -0.4 is 5.32 Å². The van der Waals surface area contributed by atoms with Gasteiger partial charge in [-0.05, 0) is 32.1 Å². The van der Waals surface area contributed by atoms with Gasteiger partial charge in [-0.2, -0.15) is 0 Å². The maximum Gasteiger partial charge on any atom is 0.240 e. The van der Waals surface area contributed by atoms with E-state index in [1.807, 2.05) is 11.8 Å². The van der Waals surface area contributed by atoms with Crippen molar-refractivity contribution >= 4 is 5.91 Å². The molecule has 2 aliphatic rings. The van der Waals surface area contributed by atoms with Gasteiger partial charge in [0.05, 0.1) is 25.4 Å². The van der Waals surface area contributed by atoms with Gasteiger partial charge >= 0.3 is 0 Å². The summed E-state index contributed by atoms with van der Waals surface area (Å²) >= 11 is 0. The lowest BCUT2D eigenvalue weighted by Gasteiger charge is -2.29. The van der Waals surface area contributed by atoms with Crippen molar-refractivity contribution < 1.29 is 14.3 Å². The molecule has 1 aliphatic heterocycles. The molecule has 5 heteroatoms. The Morgan fingerprint density at radius 1 is 1.25 bits per heavy atom. The number of nitrogens with zero attached hydrogens (tertiary/aromatic N) is 1. The summed E-state index contributed by atoms with van der Waals surface area (Å²) in [6.07, 6.45) is 6.25. The van der Waals surface area contributed by atoms with Crippen LogP contribution in [-0.2, 0) is 14.3 Å². The topological polar surface area (TPSA) is 50.8 Å². The second kappa shape index (κ2) is 7.96. The van der Waals surface area contributed by atoms with Crippen LogP contribution in [0.3, 0.4) is 0 Å². The summed E-state index contributed by atoms with van der Waals surface area (Å²) in [4.78, 5) is 14.3. The highest BCUT2D eigenvalue weighted by molar-refractivity contribution is 5.83. The first-order valence-electron chi connectivity index (χ1n) is 7.87. The van der Waals surface area contributed by atoms with E-state index in [9.17, 15) is 4.79 Å². The van der Waals surface area contributed by atoms with Gasteiger partial charge in [0.25, 0.3) is 0 Å². The minimum atomic E-state index is -0.0324. The fourth-order valence-electron chi connectivity index (χ4n) is 3.30. The lowest BCUT2D eigenvalue weighted by Crippen LogP contribution is -2.43. The first kappa shape index (κ1) is 15.7. The van der Waals surface area contributed by atoms with E-state index in [1.54, 1.807) is 7.11 Å². The maximum absolute atomic E-state index is 12.2. The van der Waals surface area contributed by atoms with Crippen molar-refractivity contribution in [1.82, 2.24) is 10.2 Å². The molecule has 1 N–H and O–H groups in total. The molecule has 2 unspecified atom stereocenters. The quantitative estimate of drug-likeness (QED) is 0.684. The number of ether oxygens (including phenoxy) is 2. The van der Waals surface area contributed by atoms with Crippen LogP contribution in [-0.4, -0.2) is 56.5 Å². The van der Waals surface area contributed by atoms with Gasteiger partial charge < -0.3 is 14.4 Å². The van der Waals surface area contributed by atoms with Crippen molar-refractivity contribution in [3.8, 4) is 0 Å². The third-order valence-electron chi connectivity index (χ3n) is 4.38. The summed E-state index contributed by atoms with van der Waals surface area (Å²) in [5, 5.41) is 3.47. The smallest absolute Gasteiger partial charge is 0.240 e. The van der Waals surface area contributed by atoms with Crippen molar-refractivity contribution in [1.29, 1.82) is 0 Å². The molecule has 0 aromatic carbocycles. The normalized spacial score (nSPS) is 27.7. The Labute approximate surface area is 122 Å². The lowest BCUT2D eigenvalue weighted by molar-refractivity contribution is -0.130. The Hall–Kier alpha value is -0.650. The molecule has 1 saturated carbocycles. The molecule has 0 aromatic rings. The van der Waals surface area contributed by atoms with Crippen LogP contribution in [0.25, 0.3) is 0 Å². The molecule has 0 spiro atoms. The van der Waals surface area contributed by atoms with E-state index in [0.717, 1.165) is 13.0 Å². The summed E-state index contributed by atoms with van der Waals surface area (Å²) in [7, 11) is 1.67. The minimum absolute atomic E-state index is 0.0324. The summed E-state index contributed by atoms with van der Waals surface area (Å²) in [6, 6.07) is -0.0324. The molecule has 1 amide bonds. The number of methoxy groups -OCH3 is 1. The molecule has 2 rings (SSSR count). The van der Waals surface area contributed by atoms with Gasteiger partial charge in [-0.25, -0.2) is 0 Å². The van der Waals surface area contributed by atoms with Crippen molar-refractivity contribution in [3.05, 3.63) is 0 Å². The highest BCUT2D eigenvalue weighted by atomic mass is 16.5. The van der Waals surface area contributed by atoms with E-state index in [4.69, 9.17) is 9.47 Å². The molecule has 116 valence electrons. The first-order chi connectivity index (χ1) is 9.74. The van der Waals surface area contributed by atoms with Gasteiger partial charge in [0.1, 0.15) is 0 Å². The van der Waals surface area contributed by atoms with Gasteiger partial charge in [-0.15, -0.1) is 0 Å². The predicted octanol–water partition coefficient (Wildman–Crippen LogP) is 1.38. The zero-order valence-corrected chi connectivity index (χ0v) is 12.8.